The third-order valence-electron chi connectivity index (χ3n) is 3.40. The average molecular weight is 304 g/mol. The van der Waals surface area contributed by atoms with Crippen LogP contribution in [0.15, 0.2) is 24.3 Å². The zero-order valence-electron chi connectivity index (χ0n) is 11.4. The van der Waals surface area contributed by atoms with Crippen molar-refractivity contribution in [2.45, 2.75) is 19.0 Å². The Hall–Kier alpha value is -2.62. The van der Waals surface area contributed by atoms with Crippen molar-refractivity contribution >= 4 is 6.08 Å². The summed E-state index contributed by atoms with van der Waals surface area (Å²) in [6, 6.07) is 5.48. The molecule has 0 radical (unpaired) electrons. The topological polar surface area (TPSA) is 65.4 Å². The highest BCUT2D eigenvalue weighted by molar-refractivity contribution is 5.69. The lowest BCUT2D eigenvalue weighted by Crippen LogP contribution is -2.05. The Kier molecular flexibility index (Phi) is 3.45. The number of aromatic nitrogens is 3. The zero-order valence-corrected chi connectivity index (χ0v) is 11.4. The van der Waals surface area contributed by atoms with E-state index in [9.17, 15) is 13.2 Å². The normalized spacial score (nSPS) is 15.2. The van der Waals surface area contributed by atoms with E-state index in [4.69, 9.17) is 5.26 Å². The first-order chi connectivity index (χ1) is 10.5. The minimum absolute atomic E-state index is 0.0384. The molecule has 0 atom stereocenters. The van der Waals surface area contributed by atoms with Crippen LogP contribution in [0, 0.1) is 17.2 Å². The molecule has 1 fully saturated rings. The molecule has 7 heteroatoms. The van der Waals surface area contributed by atoms with Crippen molar-refractivity contribution in [3.05, 3.63) is 41.1 Å². The fourth-order valence-electron chi connectivity index (χ4n) is 2.09. The lowest BCUT2D eigenvalue weighted by molar-refractivity contribution is -0.137. The summed E-state index contributed by atoms with van der Waals surface area (Å²) in [5, 5.41) is 18.5. The zero-order chi connectivity index (χ0) is 15.7. The predicted molar refractivity (Wildman–Crippen MR) is 73.3 cm³/mol. The Morgan fingerprint density at radius 3 is 2.68 bits per heavy atom. The van der Waals surface area contributed by atoms with Gasteiger partial charge in [0.25, 0.3) is 0 Å². The minimum atomic E-state index is -4.46. The fraction of sp³-hybridized carbons (Fsp3) is 0.267. The molecule has 1 aliphatic rings. The number of rotatable bonds is 3. The van der Waals surface area contributed by atoms with Crippen LogP contribution < -0.4 is 0 Å². The van der Waals surface area contributed by atoms with E-state index in [0.29, 0.717) is 11.5 Å². The number of aromatic amines is 1. The Morgan fingerprint density at radius 1 is 1.27 bits per heavy atom. The van der Waals surface area contributed by atoms with Gasteiger partial charge in [0.15, 0.2) is 5.69 Å². The van der Waals surface area contributed by atoms with Crippen LogP contribution in [0.4, 0.5) is 13.2 Å². The van der Waals surface area contributed by atoms with Crippen LogP contribution in [0.2, 0.25) is 0 Å². The maximum Gasteiger partial charge on any atom is 0.416 e. The van der Waals surface area contributed by atoms with Gasteiger partial charge in [-0.1, -0.05) is 17.4 Å². The summed E-state index contributed by atoms with van der Waals surface area (Å²) in [4.78, 5) is 0. The monoisotopic (exact) mass is 304 g/mol. The summed E-state index contributed by atoms with van der Waals surface area (Å²) >= 11 is 0. The van der Waals surface area contributed by atoms with Crippen LogP contribution in [-0.2, 0) is 6.18 Å². The van der Waals surface area contributed by atoms with E-state index >= 15 is 0 Å². The second kappa shape index (κ2) is 5.30. The molecule has 0 saturated heterocycles. The molecule has 1 aliphatic carbocycles. The van der Waals surface area contributed by atoms with Gasteiger partial charge in [-0.05, 0) is 42.5 Å². The van der Waals surface area contributed by atoms with Gasteiger partial charge < -0.3 is 0 Å². The average Bonchev–Trinajstić information content (AvgIpc) is 3.18. The number of benzene rings is 1. The van der Waals surface area contributed by atoms with Crippen LogP contribution >= 0.6 is 0 Å². The maximum absolute atomic E-state index is 13.1. The summed E-state index contributed by atoms with van der Waals surface area (Å²) in [5.74, 6) is 0.458. The Labute approximate surface area is 124 Å². The fourth-order valence-corrected chi connectivity index (χ4v) is 2.09. The van der Waals surface area contributed by atoms with Crippen molar-refractivity contribution in [2.24, 2.45) is 5.92 Å². The standard InChI is InChI=1S/C15H11F3N4/c16-15(17,18)12-6-10(4-3-9-1-2-9)5-11(7-12)14-13(8-19)20-22-21-14/h3-7,9H,1-2H2,(H,20,21,22)/b4-3+. The predicted octanol–water partition coefficient (Wildman–Crippen LogP) is 3.79. The van der Waals surface area contributed by atoms with Gasteiger partial charge in [-0.25, -0.2) is 5.10 Å². The molecule has 4 nitrogen and oxygen atoms in total. The number of alkyl halides is 3. The molecule has 1 aromatic heterocycles. The molecule has 0 spiro atoms. The molecule has 3 rings (SSSR count). The van der Waals surface area contributed by atoms with Crippen molar-refractivity contribution in [1.82, 2.24) is 15.4 Å². The summed E-state index contributed by atoms with van der Waals surface area (Å²) < 4.78 is 39.2. The molecule has 0 amide bonds. The van der Waals surface area contributed by atoms with Gasteiger partial charge in [-0.2, -0.15) is 18.4 Å². The molecule has 0 aliphatic heterocycles. The third-order valence-corrected chi connectivity index (χ3v) is 3.40. The molecule has 1 N–H and O–H groups in total. The highest BCUT2D eigenvalue weighted by Gasteiger charge is 2.31. The summed E-state index contributed by atoms with van der Waals surface area (Å²) in [5.41, 5.74) is 0.0395. The van der Waals surface area contributed by atoms with Crippen molar-refractivity contribution in [2.75, 3.05) is 0 Å². The van der Waals surface area contributed by atoms with E-state index in [1.54, 1.807) is 12.1 Å². The van der Waals surface area contributed by atoms with E-state index in [2.05, 4.69) is 15.4 Å². The summed E-state index contributed by atoms with van der Waals surface area (Å²) in [6.45, 7) is 0. The summed E-state index contributed by atoms with van der Waals surface area (Å²) in [6.07, 6.45) is 1.28. The van der Waals surface area contributed by atoms with Gasteiger partial charge >= 0.3 is 6.18 Å². The number of nitrogens with zero attached hydrogens (tertiary/aromatic N) is 3. The molecule has 1 aromatic carbocycles. The van der Waals surface area contributed by atoms with E-state index in [-0.39, 0.29) is 17.0 Å². The second-order valence-electron chi connectivity index (χ2n) is 5.19. The quantitative estimate of drug-likeness (QED) is 0.938. The van der Waals surface area contributed by atoms with Crippen LogP contribution in [0.25, 0.3) is 17.3 Å². The third kappa shape index (κ3) is 3.01. The Balaban J connectivity index is 2.08. The molecule has 2 aromatic rings. The number of H-pyrrole nitrogens is 1. The van der Waals surface area contributed by atoms with E-state index in [1.165, 1.54) is 0 Å². The lowest BCUT2D eigenvalue weighted by Gasteiger charge is -2.10. The smallest absolute Gasteiger partial charge is 0.247 e. The van der Waals surface area contributed by atoms with Gasteiger partial charge in [0.2, 0.25) is 0 Å². The van der Waals surface area contributed by atoms with Crippen molar-refractivity contribution < 1.29 is 13.2 Å². The van der Waals surface area contributed by atoms with Gasteiger partial charge in [0.05, 0.1) is 5.56 Å². The number of halogens is 3. The van der Waals surface area contributed by atoms with Crippen LogP contribution in [-0.4, -0.2) is 15.4 Å². The number of nitrogens with one attached hydrogen (secondary N) is 1. The second-order valence-corrected chi connectivity index (χ2v) is 5.19. The SMILES string of the molecule is N#Cc1[nH]nnc1-c1cc(/C=C/C2CC2)cc(C(F)(F)F)c1. The number of allylic oxidation sites excluding steroid dienone is 1. The van der Waals surface area contributed by atoms with Crippen molar-refractivity contribution in [3.8, 4) is 17.3 Å². The molecule has 1 heterocycles. The number of hydrogen-bond donors (Lipinski definition) is 1. The van der Waals surface area contributed by atoms with Gasteiger partial charge in [-0.15, -0.1) is 5.10 Å². The maximum atomic E-state index is 13.1. The van der Waals surface area contributed by atoms with Gasteiger partial charge in [0, 0.05) is 5.56 Å². The van der Waals surface area contributed by atoms with Gasteiger partial charge in [0.1, 0.15) is 11.8 Å². The first-order valence-corrected chi connectivity index (χ1v) is 6.69. The lowest BCUT2D eigenvalue weighted by atomic mass is 10.0. The largest absolute Gasteiger partial charge is 0.416 e. The van der Waals surface area contributed by atoms with Crippen molar-refractivity contribution in [1.29, 1.82) is 5.26 Å². The highest BCUT2D eigenvalue weighted by atomic mass is 19.4. The Bertz CT molecular complexity index is 764. The van der Waals surface area contributed by atoms with Crippen LogP contribution in [0.5, 0.6) is 0 Å². The highest BCUT2D eigenvalue weighted by Crippen LogP contribution is 2.35. The number of hydrogen-bond acceptors (Lipinski definition) is 3. The first kappa shape index (κ1) is 14.3. The van der Waals surface area contributed by atoms with E-state index in [1.807, 2.05) is 12.1 Å². The molecule has 22 heavy (non-hydrogen) atoms. The van der Waals surface area contributed by atoms with Crippen LogP contribution in [0.3, 0.4) is 0 Å². The Morgan fingerprint density at radius 2 is 2.05 bits per heavy atom. The molecular weight excluding hydrogens is 293 g/mol. The molecule has 112 valence electrons. The van der Waals surface area contributed by atoms with Crippen LogP contribution in [0.1, 0.15) is 29.7 Å². The van der Waals surface area contributed by atoms with E-state index < -0.39 is 11.7 Å². The molecular formula is C15H11F3N4. The molecule has 0 bridgehead atoms. The van der Waals surface area contributed by atoms with Gasteiger partial charge in [-0.3, -0.25) is 0 Å². The minimum Gasteiger partial charge on any atom is -0.247 e. The molecule has 1 saturated carbocycles. The first-order valence-electron chi connectivity index (χ1n) is 6.69. The molecule has 0 unspecified atom stereocenters. The summed E-state index contributed by atoms with van der Waals surface area (Å²) in [7, 11) is 0. The number of nitriles is 1. The van der Waals surface area contributed by atoms with Crippen molar-refractivity contribution in [3.63, 3.8) is 0 Å². The van der Waals surface area contributed by atoms with E-state index in [0.717, 1.165) is 25.0 Å².